The molecular weight excluding hydrogens is 138 g/mol. The molecule has 1 atom stereocenters. The Bertz CT molecular complexity index is 309. The Morgan fingerprint density at radius 3 is 3.18 bits per heavy atom. The van der Waals surface area contributed by atoms with Gasteiger partial charge in [-0.15, -0.1) is 0 Å². The van der Waals surface area contributed by atoms with Crippen molar-refractivity contribution < 1.29 is 0 Å². The summed E-state index contributed by atoms with van der Waals surface area (Å²) in [6.45, 7) is 0.950. The predicted octanol–water partition coefficient (Wildman–Crippen LogP) is 0.598. The van der Waals surface area contributed by atoms with E-state index >= 15 is 0 Å². The van der Waals surface area contributed by atoms with Gasteiger partial charge in [0.1, 0.15) is 6.07 Å². The lowest BCUT2D eigenvalue weighted by Crippen LogP contribution is -1.93. The lowest BCUT2D eigenvalue weighted by molar-refractivity contribution is 0.984. The summed E-state index contributed by atoms with van der Waals surface area (Å²) in [5.41, 5.74) is 1.57. The molecular formula is C8H7N3. The molecule has 11 heavy (non-hydrogen) atoms. The van der Waals surface area contributed by atoms with Crippen molar-refractivity contribution in [2.75, 3.05) is 6.54 Å². The van der Waals surface area contributed by atoms with Crippen LogP contribution >= 0.6 is 0 Å². The van der Waals surface area contributed by atoms with Crippen molar-refractivity contribution in [1.29, 1.82) is 5.26 Å². The molecule has 1 aliphatic rings. The number of hydrogen-bond acceptors (Lipinski definition) is 3. The molecule has 3 heteroatoms. The molecule has 0 aliphatic carbocycles. The number of aromatic nitrogens is 1. The number of nitriles is 1. The van der Waals surface area contributed by atoms with Crippen LogP contribution in [0, 0.1) is 11.3 Å². The van der Waals surface area contributed by atoms with E-state index in [1.54, 1.807) is 18.3 Å². The molecule has 1 aliphatic heterocycles. The summed E-state index contributed by atoms with van der Waals surface area (Å²) < 4.78 is 0. The molecule has 1 fully saturated rings. The zero-order chi connectivity index (χ0) is 7.68. The fourth-order valence-electron chi connectivity index (χ4n) is 1.04. The molecule has 1 saturated heterocycles. The molecule has 0 amide bonds. The molecule has 3 nitrogen and oxygen atoms in total. The van der Waals surface area contributed by atoms with Crippen molar-refractivity contribution >= 4 is 0 Å². The Labute approximate surface area is 64.7 Å². The molecule has 2 heterocycles. The minimum absolute atomic E-state index is 0.325. The van der Waals surface area contributed by atoms with Crippen LogP contribution in [-0.4, -0.2) is 11.5 Å². The summed E-state index contributed by atoms with van der Waals surface area (Å²) in [5.74, 6) is 0. The molecule has 0 spiro atoms. The van der Waals surface area contributed by atoms with Crippen molar-refractivity contribution in [3.8, 4) is 6.07 Å². The molecule has 1 N–H and O–H groups in total. The van der Waals surface area contributed by atoms with Crippen molar-refractivity contribution in [2.45, 2.75) is 6.04 Å². The highest BCUT2D eigenvalue weighted by atomic mass is 15.1. The van der Waals surface area contributed by atoms with Crippen LogP contribution in [0.25, 0.3) is 0 Å². The van der Waals surface area contributed by atoms with Gasteiger partial charge < -0.3 is 5.32 Å². The van der Waals surface area contributed by atoms with Gasteiger partial charge in [-0.3, -0.25) is 4.98 Å². The van der Waals surface area contributed by atoms with E-state index in [4.69, 9.17) is 5.26 Å². The molecule has 0 radical (unpaired) electrons. The topological polar surface area (TPSA) is 58.6 Å². The Kier molecular flexibility index (Phi) is 1.34. The second-order valence-electron chi connectivity index (χ2n) is 2.51. The molecule has 1 unspecified atom stereocenters. The Hall–Kier alpha value is -1.40. The van der Waals surface area contributed by atoms with Crippen LogP contribution < -0.4 is 5.32 Å². The van der Waals surface area contributed by atoms with E-state index in [1.165, 1.54) is 0 Å². The normalized spacial score (nSPS) is 20.8. The van der Waals surface area contributed by atoms with E-state index in [-0.39, 0.29) is 0 Å². The van der Waals surface area contributed by atoms with Crippen molar-refractivity contribution in [3.05, 3.63) is 29.6 Å². The third kappa shape index (κ3) is 1.08. The smallest absolute Gasteiger partial charge is 0.101 e. The van der Waals surface area contributed by atoms with E-state index in [1.807, 2.05) is 0 Å². The molecule has 1 aromatic heterocycles. The van der Waals surface area contributed by atoms with Gasteiger partial charge in [-0.05, 0) is 12.1 Å². The first-order valence-corrected chi connectivity index (χ1v) is 3.50. The van der Waals surface area contributed by atoms with E-state index in [0.29, 0.717) is 11.6 Å². The number of rotatable bonds is 1. The van der Waals surface area contributed by atoms with Crippen LogP contribution in [0.2, 0.25) is 0 Å². The van der Waals surface area contributed by atoms with Gasteiger partial charge in [-0.25, -0.2) is 0 Å². The number of pyridine rings is 1. The third-order valence-electron chi connectivity index (χ3n) is 1.70. The van der Waals surface area contributed by atoms with E-state index in [0.717, 1.165) is 12.2 Å². The Morgan fingerprint density at radius 1 is 1.73 bits per heavy atom. The van der Waals surface area contributed by atoms with Gasteiger partial charge in [0.2, 0.25) is 0 Å². The van der Waals surface area contributed by atoms with Gasteiger partial charge in [-0.1, -0.05) is 0 Å². The summed E-state index contributed by atoms with van der Waals surface area (Å²) in [6, 6.07) is 6.02. The van der Waals surface area contributed by atoms with Gasteiger partial charge in [0, 0.05) is 12.7 Å². The summed E-state index contributed by atoms with van der Waals surface area (Å²) in [7, 11) is 0. The maximum atomic E-state index is 8.68. The van der Waals surface area contributed by atoms with E-state index in [2.05, 4.69) is 16.4 Å². The van der Waals surface area contributed by atoms with Crippen LogP contribution in [0.5, 0.6) is 0 Å². The molecule has 2 rings (SSSR count). The first-order chi connectivity index (χ1) is 5.42. The van der Waals surface area contributed by atoms with Crippen molar-refractivity contribution in [2.24, 2.45) is 0 Å². The van der Waals surface area contributed by atoms with E-state index < -0.39 is 0 Å². The molecule has 54 valence electrons. The van der Waals surface area contributed by atoms with E-state index in [9.17, 15) is 0 Å². The quantitative estimate of drug-likeness (QED) is 0.588. The highest BCUT2D eigenvalue weighted by molar-refractivity contribution is 5.36. The van der Waals surface area contributed by atoms with Gasteiger partial charge in [0.05, 0.1) is 17.3 Å². The monoisotopic (exact) mass is 145 g/mol. The minimum atomic E-state index is 0.325. The van der Waals surface area contributed by atoms with Gasteiger partial charge in [0.25, 0.3) is 0 Å². The average Bonchev–Trinajstić information content (AvgIpc) is 2.87. The largest absolute Gasteiger partial charge is 0.306 e. The fourth-order valence-corrected chi connectivity index (χ4v) is 1.04. The maximum absolute atomic E-state index is 8.68. The number of hydrogen-bond donors (Lipinski definition) is 1. The SMILES string of the molecule is N#Cc1cccnc1C1CN1. The second kappa shape index (κ2) is 2.33. The highest BCUT2D eigenvalue weighted by Gasteiger charge is 2.25. The van der Waals surface area contributed by atoms with Crippen LogP contribution in [-0.2, 0) is 0 Å². The van der Waals surface area contributed by atoms with Crippen molar-refractivity contribution in [3.63, 3.8) is 0 Å². The summed E-state index contributed by atoms with van der Waals surface area (Å²) in [5, 5.41) is 11.8. The zero-order valence-corrected chi connectivity index (χ0v) is 5.91. The highest BCUT2D eigenvalue weighted by Crippen LogP contribution is 2.21. The van der Waals surface area contributed by atoms with Crippen LogP contribution in [0.15, 0.2) is 18.3 Å². The van der Waals surface area contributed by atoms with Crippen LogP contribution in [0.1, 0.15) is 17.3 Å². The number of nitrogens with one attached hydrogen (secondary N) is 1. The molecule has 0 bridgehead atoms. The first kappa shape index (κ1) is 6.32. The average molecular weight is 145 g/mol. The standard InChI is InChI=1S/C8H7N3/c9-4-6-2-1-3-10-8(6)7-5-11-7/h1-3,7,11H,5H2. The van der Waals surface area contributed by atoms with Gasteiger partial charge in [-0.2, -0.15) is 5.26 Å². The molecule has 1 aromatic rings. The predicted molar refractivity (Wildman–Crippen MR) is 39.7 cm³/mol. The summed E-state index contributed by atoms with van der Waals surface area (Å²) in [4.78, 5) is 4.13. The Balaban J connectivity index is 2.44. The molecule has 0 saturated carbocycles. The molecule has 0 aromatic carbocycles. The van der Waals surface area contributed by atoms with Gasteiger partial charge in [0.15, 0.2) is 0 Å². The minimum Gasteiger partial charge on any atom is -0.306 e. The first-order valence-electron chi connectivity index (χ1n) is 3.50. The zero-order valence-electron chi connectivity index (χ0n) is 5.91. The summed E-state index contributed by atoms with van der Waals surface area (Å²) >= 11 is 0. The lowest BCUT2D eigenvalue weighted by Gasteiger charge is -1.96. The fraction of sp³-hybridized carbons (Fsp3) is 0.250. The maximum Gasteiger partial charge on any atom is 0.101 e. The van der Waals surface area contributed by atoms with Crippen LogP contribution in [0.3, 0.4) is 0 Å². The van der Waals surface area contributed by atoms with Gasteiger partial charge >= 0.3 is 0 Å². The third-order valence-corrected chi connectivity index (χ3v) is 1.70. The lowest BCUT2D eigenvalue weighted by atomic mass is 10.2. The van der Waals surface area contributed by atoms with Crippen molar-refractivity contribution in [1.82, 2.24) is 10.3 Å². The second-order valence-corrected chi connectivity index (χ2v) is 2.51. The summed E-state index contributed by atoms with van der Waals surface area (Å²) in [6.07, 6.45) is 1.72. The Morgan fingerprint density at radius 2 is 2.55 bits per heavy atom. The number of nitrogens with zero attached hydrogens (tertiary/aromatic N) is 2. The van der Waals surface area contributed by atoms with Crippen LogP contribution in [0.4, 0.5) is 0 Å².